The summed E-state index contributed by atoms with van der Waals surface area (Å²) in [6.45, 7) is 6.33. The van der Waals surface area contributed by atoms with Crippen LogP contribution in [0.1, 0.15) is 51.1 Å². The highest BCUT2D eigenvalue weighted by Crippen LogP contribution is 2.27. The second-order valence-corrected chi connectivity index (χ2v) is 8.01. The molecule has 1 fully saturated rings. The molecule has 4 N–H and O–H groups in total. The van der Waals surface area contributed by atoms with Crippen molar-refractivity contribution < 1.29 is 0 Å². The molecule has 28 heavy (non-hydrogen) atoms. The molecule has 2 atom stereocenters. The Labute approximate surface area is 165 Å². The molecule has 1 aliphatic rings. The molecule has 0 bridgehead atoms. The predicted octanol–water partition coefficient (Wildman–Crippen LogP) is 4.14. The molecular weight excluding hydrogens is 350 g/mol. The van der Waals surface area contributed by atoms with E-state index in [2.05, 4.69) is 53.1 Å². The van der Waals surface area contributed by atoms with Gasteiger partial charge in [0.05, 0.1) is 6.33 Å². The van der Waals surface area contributed by atoms with Gasteiger partial charge in [-0.3, -0.25) is 0 Å². The Morgan fingerprint density at radius 2 is 2.00 bits per heavy atom. The van der Waals surface area contributed by atoms with Gasteiger partial charge >= 0.3 is 0 Å². The number of anilines is 3. The summed E-state index contributed by atoms with van der Waals surface area (Å²) in [6, 6.07) is 8.83. The molecule has 1 aliphatic carbocycles. The van der Waals surface area contributed by atoms with Crippen LogP contribution >= 0.6 is 0 Å². The van der Waals surface area contributed by atoms with Crippen LogP contribution in [0.25, 0.3) is 11.2 Å². The first-order valence-electron chi connectivity index (χ1n) is 10.1. The van der Waals surface area contributed by atoms with E-state index in [-0.39, 0.29) is 18.1 Å². The SMILES string of the molecule is Cc1cccc(Nc2nc(N[C@@H]3CCCC[C@H]3N)nc3c2ncn3C(C)C)c1. The third-order valence-corrected chi connectivity index (χ3v) is 5.39. The van der Waals surface area contributed by atoms with Crippen molar-refractivity contribution in [1.82, 2.24) is 19.5 Å². The van der Waals surface area contributed by atoms with Crippen LogP contribution in [0.15, 0.2) is 30.6 Å². The van der Waals surface area contributed by atoms with Crippen molar-refractivity contribution in [1.29, 1.82) is 0 Å². The number of aryl methyl sites for hydroxylation is 1. The number of aromatic nitrogens is 4. The average Bonchev–Trinajstić information content (AvgIpc) is 3.08. The van der Waals surface area contributed by atoms with E-state index in [1.807, 2.05) is 18.5 Å². The fourth-order valence-corrected chi connectivity index (χ4v) is 3.81. The molecule has 0 spiro atoms. The largest absolute Gasteiger partial charge is 0.350 e. The maximum absolute atomic E-state index is 6.32. The van der Waals surface area contributed by atoms with E-state index in [0.29, 0.717) is 11.8 Å². The van der Waals surface area contributed by atoms with E-state index < -0.39 is 0 Å². The number of hydrogen-bond donors (Lipinski definition) is 3. The van der Waals surface area contributed by atoms with Gasteiger partial charge in [0.25, 0.3) is 0 Å². The summed E-state index contributed by atoms with van der Waals surface area (Å²) in [5.74, 6) is 1.31. The normalized spacial score (nSPS) is 19.9. The van der Waals surface area contributed by atoms with Crippen molar-refractivity contribution in [3.63, 3.8) is 0 Å². The molecule has 2 heterocycles. The fraction of sp³-hybridized carbons (Fsp3) is 0.476. The van der Waals surface area contributed by atoms with Crippen LogP contribution in [-0.2, 0) is 0 Å². The van der Waals surface area contributed by atoms with Crippen LogP contribution in [0.4, 0.5) is 17.5 Å². The molecule has 1 saturated carbocycles. The topological polar surface area (TPSA) is 93.7 Å². The van der Waals surface area contributed by atoms with Crippen molar-refractivity contribution in [2.45, 2.75) is 64.6 Å². The molecule has 0 saturated heterocycles. The molecule has 0 amide bonds. The lowest BCUT2D eigenvalue weighted by Gasteiger charge is -2.29. The number of benzene rings is 1. The van der Waals surface area contributed by atoms with Gasteiger partial charge in [-0.25, -0.2) is 4.98 Å². The Morgan fingerprint density at radius 3 is 2.75 bits per heavy atom. The Bertz CT molecular complexity index is 963. The van der Waals surface area contributed by atoms with Crippen LogP contribution < -0.4 is 16.4 Å². The zero-order chi connectivity index (χ0) is 19.7. The van der Waals surface area contributed by atoms with Gasteiger partial charge in [-0.1, -0.05) is 25.0 Å². The first kappa shape index (κ1) is 18.7. The Hall–Kier alpha value is -2.67. The second kappa shape index (κ2) is 7.75. The van der Waals surface area contributed by atoms with E-state index in [4.69, 9.17) is 15.7 Å². The zero-order valence-electron chi connectivity index (χ0n) is 16.8. The van der Waals surface area contributed by atoms with Crippen molar-refractivity contribution in [2.75, 3.05) is 10.6 Å². The summed E-state index contributed by atoms with van der Waals surface area (Å²) in [4.78, 5) is 14.1. The molecule has 2 aromatic heterocycles. The minimum atomic E-state index is 0.135. The number of fused-ring (bicyclic) bond motifs is 1. The van der Waals surface area contributed by atoms with Gasteiger partial charge < -0.3 is 20.9 Å². The minimum absolute atomic E-state index is 0.135. The third-order valence-electron chi connectivity index (χ3n) is 5.39. The lowest BCUT2D eigenvalue weighted by Crippen LogP contribution is -2.43. The maximum atomic E-state index is 6.32. The van der Waals surface area contributed by atoms with E-state index in [9.17, 15) is 0 Å². The lowest BCUT2D eigenvalue weighted by atomic mass is 9.91. The lowest BCUT2D eigenvalue weighted by molar-refractivity contribution is 0.402. The second-order valence-electron chi connectivity index (χ2n) is 8.01. The summed E-state index contributed by atoms with van der Waals surface area (Å²) in [5, 5.41) is 6.92. The Kier molecular flexibility index (Phi) is 5.17. The highest BCUT2D eigenvalue weighted by atomic mass is 15.2. The van der Waals surface area contributed by atoms with Crippen molar-refractivity contribution >= 4 is 28.6 Å². The zero-order valence-corrected chi connectivity index (χ0v) is 16.8. The van der Waals surface area contributed by atoms with E-state index in [0.717, 1.165) is 29.7 Å². The van der Waals surface area contributed by atoms with Gasteiger partial charge in [0.15, 0.2) is 17.0 Å². The predicted molar refractivity (Wildman–Crippen MR) is 114 cm³/mol. The van der Waals surface area contributed by atoms with Gasteiger partial charge in [0, 0.05) is 23.8 Å². The van der Waals surface area contributed by atoms with Crippen molar-refractivity contribution in [3.8, 4) is 0 Å². The maximum Gasteiger partial charge on any atom is 0.227 e. The quantitative estimate of drug-likeness (QED) is 0.617. The average molecular weight is 380 g/mol. The highest BCUT2D eigenvalue weighted by molar-refractivity contribution is 5.86. The van der Waals surface area contributed by atoms with Gasteiger partial charge in [-0.15, -0.1) is 0 Å². The first-order valence-corrected chi connectivity index (χ1v) is 10.1. The Balaban J connectivity index is 1.74. The van der Waals surface area contributed by atoms with Crippen LogP contribution in [-0.4, -0.2) is 31.6 Å². The summed E-state index contributed by atoms with van der Waals surface area (Å²) in [7, 11) is 0. The highest BCUT2D eigenvalue weighted by Gasteiger charge is 2.23. The number of nitrogens with one attached hydrogen (secondary N) is 2. The molecule has 0 aliphatic heterocycles. The molecule has 7 nitrogen and oxygen atoms in total. The molecule has 3 aromatic rings. The molecule has 7 heteroatoms. The van der Waals surface area contributed by atoms with Gasteiger partial charge in [-0.2, -0.15) is 9.97 Å². The van der Waals surface area contributed by atoms with Gasteiger partial charge in [-0.05, 0) is 51.3 Å². The fourth-order valence-electron chi connectivity index (χ4n) is 3.81. The van der Waals surface area contributed by atoms with Crippen molar-refractivity contribution in [2.24, 2.45) is 5.73 Å². The molecule has 4 rings (SSSR count). The van der Waals surface area contributed by atoms with Crippen LogP contribution in [0, 0.1) is 6.92 Å². The molecular formula is C21H29N7. The molecule has 0 radical (unpaired) electrons. The molecule has 1 aromatic carbocycles. The number of imidazole rings is 1. The van der Waals surface area contributed by atoms with Crippen molar-refractivity contribution in [3.05, 3.63) is 36.2 Å². The van der Waals surface area contributed by atoms with Gasteiger partial charge in [0.2, 0.25) is 5.95 Å². The number of nitrogens with two attached hydrogens (primary N) is 1. The minimum Gasteiger partial charge on any atom is -0.350 e. The summed E-state index contributed by atoms with van der Waals surface area (Å²) in [6.07, 6.45) is 6.30. The number of rotatable bonds is 5. The number of nitrogens with zero attached hydrogens (tertiary/aromatic N) is 4. The van der Waals surface area contributed by atoms with E-state index in [1.54, 1.807) is 0 Å². The molecule has 0 unspecified atom stereocenters. The van der Waals surface area contributed by atoms with Gasteiger partial charge in [0.1, 0.15) is 0 Å². The van der Waals surface area contributed by atoms with Crippen LogP contribution in [0.3, 0.4) is 0 Å². The Morgan fingerprint density at radius 1 is 1.18 bits per heavy atom. The number of hydrogen-bond acceptors (Lipinski definition) is 6. The monoisotopic (exact) mass is 379 g/mol. The standard InChI is InChI=1S/C21H29N7/c1-13(2)28-12-23-18-19(24-15-8-6-7-14(3)11-15)26-21(27-20(18)28)25-17-10-5-4-9-16(17)22/h6-8,11-13,16-17H,4-5,9-10,22H2,1-3H3,(H2,24,25,26,27)/t16-,17-/m1/s1. The van der Waals surface area contributed by atoms with E-state index >= 15 is 0 Å². The summed E-state index contributed by atoms with van der Waals surface area (Å²) in [5.41, 5.74) is 10.1. The van der Waals surface area contributed by atoms with E-state index in [1.165, 1.54) is 18.4 Å². The smallest absolute Gasteiger partial charge is 0.227 e. The summed E-state index contributed by atoms with van der Waals surface area (Å²) >= 11 is 0. The third kappa shape index (κ3) is 3.80. The first-order chi connectivity index (χ1) is 13.5. The van der Waals surface area contributed by atoms with Crippen LogP contribution in [0.5, 0.6) is 0 Å². The molecule has 148 valence electrons. The summed E-state index contributed by atoms with van der Waals surface area (Å²) < 4.78 is 2.07. The van der Waals surface area contributed by atoms with Crippen LogP contribution in [0.2, 0.25) is 0 Å².